The van der Waals surface area contributed by atoms with Gasteiger partial charge < -0.3 is 10.0 Å². The molecule has 1 aromatic carbocycles. The fourth-order valence-electron chi connectivity index (χ4n) is 4.86. The van der Waals surface area contributed by atoms with Gasteiger partial charge in [0.1, 0.15) is 0 Å². The van der Waals surface area contributed by atoms with Gasteiger partial charge in [-0.05, 0) is 62.4 Å². The molecule has 3 heteroatoms. The molecule has 146 valence electrons. The maximum absolute atomic E-state index is 10.1. The van der Waals surface area contributed by atoms with Crippen LogP contribution in [-0.2, 0) is 0 Å². The summed E-state index contributed by atoms with van der Waals surface area (Å²) in [4.78, 5) is 5.29. The number of hydrogen-bond donors (Lipinski definition) is 1. The van der Waals surface area contributed by atoms with Crippen LogP contribution in [0.1, 0.15) is 56.6 Å². The van der Waals surface area contributed by atoms with Crippen molar-refractivity contribution in [3.8, 4) is 11.8 Å². The predicted molar refractivity (Wildman–Crippen MR) is 111 cm³/mol. The topological polar surface area (TPSA) is 26.7 Å². The van der Waals surface area contributed by atoms with E-state index in [0.717, 1.165) is 24.6 Å². The molecule has 1 aliphatic carbocycles. The molecule has 1 N–H and O–H groups in total. The third-order valence-electron chi connectivity index (χ3n) is 6.47. The van der Waals surface area contributed by atoms with Crippen molar-refractivity contribution in [1.29, 1.82) is 0 Å². The molecule has 3 nitrogen and oxygen atoms in total. The minimum Gasteiger partial charge on any atom is -0.395 e. The summed E-state index contributed by atoms with van der Waals surface area (Å²) in [5.41, 5.74) is 2.47. The second-order valence-electron chi connectivity index (χ2n) is 9.04. The van der Waals surface area contributed by atoms with Crippen LogP contribution in [0.4, 0.5) is 0 Å². The Morgan fingerprint density at radius 2 is 1.85 bits per heavy atom. The molecule has 4 rings (SSSR count). The number of aliphatic hydroxyl groups excluding tert-OH is 1. The Labute approximate surface area is 164 Å². The Morgan fingerprint density at radius 1 is 1.11 bits per heavy atom. The van der Waals surface area contributed by atoms with Crippen LogP contribution in [0.2, 0.25) is 0 Å². The molecule has 0 bridgehead atoms. The van der Waals surface area contributed by atoms with Gasteiger partial charge in [-0.15, -0.1) is 0 Å². The highest BCUT2D eigenvalue weighted by Crippen LogP contribution is 2.42. The van der Waals surface area contributed by atoms with E-state index >= 15 is 0 Å². The van der Waals surface area contributed by atoms with Gasteiger partial charge in [0.05, 0.1) is 6.61 Å². The molecule has 3 aliphatic rings. The smallest absolute Gasteiger partial charge is 0.0593 e. The second-order valence-corrected chi connectivity index (χ2v) is 9.04. The summed E-state index contributed by atoms with van der Waals surface area (Å²) >= 11 is 0. The van der Waals surface area contributed by atoms with Gasteiger partial charge in [0.25, 0.3) is 0 Å². The summed E-state index contributed by atoms with van der Waals surface area (Å²) in [5.74, 6) is 8.30. The number of fused-ring (bicyclic) bond motifs is 1. The summed E-state index contributed by atoms with van der Waals surface area (Å²) in [6.07, 6.45) is 5.39. The van der Waals surface area contributed by atoms with Crippen LogP contribution < -0.4 is 0 Å². The van der Waals surface area contributed by atoms with Gasteiger partial charge in [-0.3, -0.25) is 4.90 Å². The van der Waals surface area contributed by atoms with Crippen molar-refractivity contribution in [3.63, 3.8) is 0 Å². The normalized spacial score (nSPS) is 29.3. The number of aliphatic hydroxyl groups is 1. The maximum atomic E-state index is 10.1. The highest BCUT2D eigenvalue weighted by Gasteiger charge is 2.49. The van der Waals surface area contributed by atoms with E-state index in [1.165, 1.54) is 44.3 Å². The molecule has 0 spiro atoms. The van der Waals surface area contributed by atoms with E-state index in [0.29, 0.717) is 17.9 Å². The zero-order valence-electron chi connectivity index (χ0n) is 16.9. The first-order valence-corrected chi connectivity index (χ1v) is 10.9. The Hall–Kier alpha value is -1.34. The minimum atomic E-state index is 0.263. The van der Waals surface area contributed by atoms with Crippen molar-refractivity contribution in [2.75, 3.05) is 32.8 Å². The Bertz CT molecular complexity index is 683. The molecule has 1 aromatic rings. The number of rotatable bonds is 4. The lowest BCUT2D eigenvalue weighted by Gasteiger charge is -2.57. The molecule has 0 aromatic heterocycles. The number of benzene rings is 1. The molecule has 27 heavy (non-hydrogen) atoms. The van der Waals surface area contributed by atoms with Crippen LogP contribution in [0.15, 0.2) is 24.3 Å². The van der Waals surface area contributed by atoms with E-state index in [-0.39, 0.29) is 12.6 Å². The SMILES string of the molecule is CC(C)C#Cc1ccc([C@@H]2[C@@H](CO)N3CCCCN(CC4CC4)C[C@@H]23)cc1. The van der Waals surface area contributed by atoms with Gasteiger partial charge in [0.2, 0.25) is 0 Å². The molecule has 2 heterocycles. The monoisotopic (exact) mass is 366 g/mol. The van der Waals surface area contributed by atoms with Crippen molar-refractivity contribution in [1.82, 2.24) is 9.80 Å². The standard InChI is InChI=1S/C24H34N2O/c1-18(2)5-6-19-9-11-21(12-10-19)24-22-16-25(15-20-7-8-20)13-3-4-14-26(22)23(24)17-27/h9-12,18,20,22-24,27H,3-4,7-8,13-17H2,1-2H3/t22-,23+,24-/m0/s1. The molecule has 0 radical (unpaired) electrons. The Kier molecular flexibility index (Phi) is 5.88. The summed E-state index contributed by atoms with van der Waals surface area (Å²) in [6, 6.07) is 9.65. The number of hydrogen-bond acceptors (Lipinski definition) is 3. The van der Waals surface area contributed by atoms with Crippen molar-refractivity contribution in [2.45, 2.75) is 57.5 Å². The van der Waals surface area contributed by atoms with E-state index in [2.05, 4.69) is 59.8 Å². The van der Waals surface area contributed by atoms with Crippen molar-refractivity contribution < 1.29 is 5.11 Å². The van der Waals surface area contributed by atoms with E-state index < -0.39 is 0 Å². The predicted octanol–water partition coefficient (Wildman–Crippen LogP) is 3.33. The molecule has 0 amide bonds. The second kappa shape index (κ2) is 8.35. The molecule has 3 atom stereocenters. The van der Waals surface area contributed by atoms with E-state index in [9.17, 15) is 5.11 Å². The van der Waals surface area contributed by atoms with Crippen LogP contribution >= 0.6 is 0 Å². The first kappa shape index (κ1) is 19.0. The molecule has 2 aliphatic heterocycles. The van der Waals surface area contributed by atoms with E-state index in [1.807, 2.05) is 0 Å². The average Bonchev–Trinajstić information content (AvgIpc) is 3.45. The van der Waals surface area contributed by atoms with E-state index in [1.54, 1.807) is 0 Å². The van der Waals surface area contributed by atoms with Crippen LogP contribution in [-0.4, -0.2) is 59.8 Å². The first-order valence-electron chi connectivity index (χ1n) is 10.9. The van der Waals surface area contributed by atoms with Crippen molar-refractivity contribution in [3.05, 3.63) is 35.4 Å². The highest BCUT2D eigenvalue weighted by atomic mass is 16.3. The molecule has 0 unspecified atom stereocenters. The number of nitrogens with zero attached hydrogens (tertiary/aromatic N) is 2. The van der Waals surface area contributed by atoms with E-state index in [4.69, 9.17) is 0 Å². The van der Waals surface area contributed by atoms with Gasteiger partial charge in [0.15, 0.2) is 0 Å². The molecular formula is C24H34N2O. The van der Waals surface area contributed by atoms with Crippen LogP contribution in [0.3, 0.4) is 0 Å². The lowest BCUT2D eigenvalue weighted by atomic mass is 9.74. The van der Waals surface area contributed by atoms with Crippen LogP contribution in [0, 0.1) is 23.7 Å². The van der Waals surface area contributed by atoms with Crippen LogP contribution in [0.25, 0.3) is 0 Å². The lowest BCUT2D eigenvalue weighted by Crippen LogP contribution is -2.67. The molecule has 3 fully saturated rings. The first-order chi connectivity index (χ1) is 13.2. The van der Waals surface area contributed by atoms with Gasteiger partial charge in [-0.2, -0.15) is 0 Å². The maximum Gasteiger partial charge on any atom is 0.0593 e. The largest absolute Gasteiger partial charge is 0.395 e. The molecule has 1 saturated carbocycles. The summed E-state index contributed by atoms with van der Waals surface area (Å²) in [5, 5.41) is 10.1. The van der Waals surface area contributed by atoms with Gasteiger partial charge >= 0.3 is 0 Å². The Balaban J connectivity index is 1.50. The summed E-state index contributed by atoms with van der Waals surface area (Å²) in [6.45, 7) is 9.34. The van der Waals surface area contributed by atoms with Gasteiger partial charge in [-0.1, -0.05) is 37.8 Å². The summed E-state index contributed by atoms with van der Waals surface area (Å²) < 4.78 is 0. The zero-order chi connectivity index (χ0) is 18.8. The fraction of sp³-hybridized carbons (Fsp3) is 0.667. The van der Waals surface area contributed by atoms with Gasteiger partial charge in [0, 0.05) is 42.6 Å². The minimum absolute atomic E-state index is 0.263. The zero-order valence-corrected chi connectivity index (χ0v) is 16.9. The fourth-order valence-corrected chi connectivity index (χ4v) is 4.86. The van der Waals surface area contributed by atoms with Crippen molar-refractivity contribution >= 4 is 0 Å². The highest BCUT2D eigenvalue weighted by molar-refractivity contribution is 5.39. The third-order valence-corrected chi connectivity index (χ3v) is 6.47. The average molecular weight is 367 g/mol. The van der Waals surface area contributed by atoms with Crippen LogP contribution in [0.5, 0.6) is 0 Å². The summed E-state index contributed by atoms with van der Waals surface area (Å²) in [7, 11) is 0. The Morgan fingerprint density at radius 3 is 2.52 bits per heavy atom. The van der Waals surface area contributed by atoms with Gasteiger partial charge in [-0.25, -0.2) is 0 Å². The molecule has 2 saturated heterocycles. The quantitative estimate of drug-likeness (QED) is 0.828. The third kappa shape index (κ3) is 4.40. The molecular weight excluding hydrogens is 332 g/mol. The lowest BCUT2D eigenvalue weighted by molar-refractivity contribution is -0.0649. The van der Waals surface area contributed by atoms with Crippen molar-refractivity contribution in [2.24, 2.45) is 11.8 Å².